The second-order valence-corrected chi connectivity index (χ2v) is 8.24. The smallest absolute Gasteiger partial charge is 0.247 e. The Morgan fingerprint density at radius 3 is 2.39 bits per heavy atom. The first kappa shape index (κ1) is 26.4. The number of rotatable bonds is 12. The van der Waals surface area contributed by atoms with E-state index in [1.54, 1.807) is 12.1 Å². The fourth-order valence-corrected chi connectivity index (χ4v) is 3.74. The first-order valence-electron chi connectivity index (χ1n) is 11.5. The monoisotopic (exact) mass is 495 g/mol. The van der Waals surface area contributed by atoms with Gasteiger partial charge in [-0.1, -0.05) is 24.3 Å². The quantitative estimate of drug-likeness (QED) is 0.203. The molecule has 0 fully saturated rings. The molecule has 0 saturated carbocycles. The number of H-pyrrole nitrogens is 1. The van der Waals surface area contributed by atoms with Gasteiger partial charge >= 0.3 is 0 Å². The van der Waals surface area contributed by atoms with E-state index in [1.165, 1.54) is 24.7 Å². The minimum absolute atomic E-state index is 0.0869. The van der Waals surface area contributed by atoms with Crippen LogP contribution in [0.25, 0.3) is 0 Å². The summed E-state index contributed by atoms with van der Waals surface area (Å²) in [6.07, 6.45) is 5.46. The Kier molecular flexibility index (Phi) is 9.19. The molecule has 1 aromatic carbocycles. The van der Waals surface area contributed by atoms with Crippen molar-refractivity contribution in [1.29, 1.82) is 0 Å². The molecule has 3 rings (SSSR count). The van der Waals surface area contributed by atoms with Gasteiger partial charge in [0.2, 0.25) is 23.5 Å². The van der Waals surface area contributed by atoms with E-state index in [4.69, 9.17) is 11.5 Å². The number of imidazole rings is 1. The molecule has 1 aliphatic carbocycles. The van der Waals surface area contributed by atoms with Gasteiger partial charge in [-0.15, -0.1) is 0 Å². The molecule has 0 radical (unpaired) electrons. The normalized spacial score (nSPS) is 14.3. The molecule has 12 nitrogen and oxygen atoms in total. The SMILES string of the molecule is NCCCC[C@H](NC(=O)[C@H](Cc1cnc[nH]1)NC(=O)CN)C(=O)NC1=CC(=O)c2ccccc2C1=O. The Morgan fingerprint density at radius 2 is 1.72 bits per heavy atom. The van der Waals surface area contributed by atoms with Crippen LogP contribution in [0, 0.1) is 0 Å². The number of carbonyl (C=O) groups excluding carboxylic acids is 5. The number of hydrogen-bond donors (Lipinski definition) is 6. The zero-order valence-electron chi connectivity index (χ0n) is 19.6. The number of fused-ring (bicyclic) bond motifs is 1. The van der Waals surface area contributed by atoms with Gasteiger partial charge in [-0.3, -0.25) is 24.0 Å². The predicted octanol–water partition coefficient (Wildman–Crippen LogP) is -0.911. The third-order valence-electron chi connectivity index (χ3n) is 5.61. The molecule has 2 atom stereocenters. The fourth-order valence-electron chi connectivity index (χ4n) is 3.74. The van der Waals surface area contributed by atoms with Crippen LogP contribution in [0.15, 0.2) is 48.6 Å². The molecule has 0 aliphatic heterocycles. The van der Waals surface area contributed by atoms with Crippen molar-refractivity contribution < 1.29 is 24.0 Å². The topological polar surface area (TPSA) is 202 Å². The number of Topliss-reactive ketones (excluding diaryl/α,β-unsaturated/α-hetero) is 1. The zero-order chi connectivity index (χ0) is 26.1. The van der Waals surface area contributed by atoms with Crippen molar-refractivity contribution in [3.8, 4) is 0 Å². The van der Waals surface area contributed by atoms with Crippen LogP contribution in [-0.4, -0.2) is 64.4 Å². The molecule has 1 aliphatic rings. The van der Waals surface area contributed by atoms with Crippen molar-refractivity contribution in [1.82, 2.24) is 25.9 Å². The number of hydrogen-bond acceptors (Lipinski definition) is 8. The highest BCUT2D eigenvalue weighted by molar-refractivity contribution is 6.25. The van der Waals surface area contributed by atoms with Gasteiger partial charge in [0, 0.05) is 35.5 Å². The Balaban J connectivity index is 1.76. The molecule has 2 aromatic rings. The number of aromatic amines is 1. The van der Waals surface area contributed by atoms with Crippen LogP contribution < -0.4 is 27.4 Å². The van der Waals surface area contributed by atoms with Crippen LogP contribution in [0.3, 0.4) is 0 Å². The average Bonchev–Trinajstić information content (AvgIpc) is 3.39. The van der Waals surface area contributed by atoms with Crippen molar-refractivity contribution in [3.63, 3.8) is 0 Å². The first-order chi connectivity index (χ1) is 17.3. The van der Waals surface area contributed by atoms with Gasteiger partial charge in [0.15, 0.2) is 5.78 Å². The average molecular weight is 496 g/mol. The standard InChI is InChI=1S/C24H29N7O5/c25-8-4-3-7-17(30-24(36)19(29-21(33)11-26)9-14-12-27-13-28-14)23(35)31-18-10-20(32)15-5-1-2-6-16(15)22(18)34/h1-2,5-6,10,12-13,17,19H,3-4,7-9,11,25-26H2,(H,27,28)(H,29,33)(H,30,36)(H,31,35)/t17-,19-/m0/s1. The van der Waals surface area contributed by atoms with Gasteiger partial charge in [-0.25, -0.2) is 4.98 Å². The van der Waals surface area contributed by atoms with Crippen molar-refractivity contribution in [3.05, 3.63) is 65.4 Å². The number of unbranched alkanes of at least 4 members (excludes halogenated alkanes) is 1. The van der Waals surface area contributed by atoms with Gasteiger partial charge in [-0.2, -0.15) is 0 Å². The minimum atomic E-state index is -1.05. The fraction of sp³-hybridized carbons (Fsp3) is 0.333. The zero-order valence-corrected chi connectivity index (χ0v) is 19.6. The van der Waals surface area contributed by atoms with Gasteiger partial charge in [-0.05, 0) is 25.8 Å². The number of ketones is 2. The molecule has 190 valence electrons. The maximum atomic E-state index is 13.1. The number of nitrogens with two attached hydrogens (primary N) is 2. The number of aromatic nitrogens is 2. The van der Waals surface area contributed by atoms with E-state index >= 15 is 0 Å². The van der Waals surface area contributed by atoms with Gasteiger partial charge in [0.25, 0.3) is 0 Å². The molecule has 8 N–H and O–H groups in total. The Bertz CT molecular complexity index is 1160. The van der Waals surface area contributed by atoms with Crippen molar-refractivity contribution in [2.75, 3.05) is 13.1 Å². The summed E-state index contributed by atoms with van der Waals surface area (Å²) in [5, 5.41) is 7.67. The van der Waals surface area contributed by atoms with Crippen LogP contribution in [0.2, 0.25) is 0 Å². The third kappa shape index (κ3) is 6.71. The summed E-state index contributed by atoms with van der Waals surface area (Å²) in [5.74, 6) is -2.75. The maximum Gasteiger partial charge on any atom is 0.247 e. The molecular formula is C24H29N7O5. The molecule has 0 unspecified atom stereocenters. The second kappa shape index (κ2) is 12.5. The van der Waals surface area contributed by atoms with E-state index in [-0.39, 0.29) is 36.2 Å². The van der Waals surface area contributed by atoms with E-state index in [2.05, 4.69) is 25.9 Å². The lowest BCUT2D eigenvalue weighted by molar-refractivity contribution is -0.131. The molecule has 3 amide bonds. The molecule has 1 heterocycles. The second-order valence-electron chi connectivity index (χ2n) is 8.24. The van der Waals surface area contributed by atoms with E-state index in [9.17, 15) is 24.0 Å². The Labute approximate surface area is 207 Å². The molecule has 1 aromatic heterocycles. The van der Waals surface area contributed by atoms with Gasteiger partial charge in [0.05, 0.1) is 18.6 Å². The summed E-state index contributed by atoms with van der Waals surface area (Å²) in [7, 11) is 0. The lowest BCUT2D eigenvalue weighted by Gasteiger charge is -2.24. The molecular weight excluding hydrogens is 466 g/mol. The summed E-state index contributed by atoms with van der Waals surface area (Å²) in [5.41, 5.74) is 11.8. The number of carbonyl (C=O) groups is 5. The minimum Gasteiger partial charge on any atom is -0.348 e. The summed E-state index contributed by atoms with van der Waals surface area (Å²) in [6.45, 7) is 0.0746. The van der Waals surface area contributed by atoms with E-state index in [0.717, 1.165) is 6.08 Å². The number of benzene rings is 1. The molecule has 36 heavy (non-hydrogen) atoms. The van der Waals surface area contributed by atoms with Gasteiger partial charge < -0.3 is 32.4 Å². The van der Waals surface area contributed by atoms with Gasteiger partial charge in [0.1, 0.15) is 12.1 Å². The lowest BCUT2D eigenvalue weighted by Crippen LogP contribution is -2.55. The van der Waals surface area contributed by atoms with Crippen LogP contribution in [-0.2, 0) is 20.8 Å². The largest absolute Gasteiger partial charge is 0.348 e. The number of allylic oxidation sites excluding steroid dienone is 2. The number of nitrogens with zero attached hydrogens (tertiary/aromatic N) is 1. The molecule has 0 bridgehead atoms. The number of amides is 3. The molecule has 0 saturated heterocycles. The summed E-state index contributed by atoms with van der Waals surface area (Å²) >= 11 is 0. The lowest BCUT2D eigenvalue weighted by atomic mass is 9.92. The number of nitrogens with one attached hydrogen (secondary N) is 4. The third-order valence-corrected chi connectivity index (χ3v) is 5.61. The maximum absolute atomic E-state index is 13.1. The van der Waals surface area contributed by atoms with E-state index in [0.29, 0.717) is 25.1 Å². The van der Waals surface area contributed by atoms with Crippen molar-refractivity contribution >= 4 is 29.3 Å². The summed E-state index contributed by atoms with van der Waals surface area (Å²) < 4.78 is 0. The summed E-state index contributed by atoms with van der Waals surface area (Å²) in [6, 6.07) is 4.23. The highest BCUT2D eigenvalue weighted by Crippen LogP contribution is 2.20. The first-order valence-corrected chi connectivity index (χ1v) is 11.5. The van der Waals surface area contributed by atoms with Crippen LogP contribution in [0.5, 0.6) is 0 Å². The highest BCUT2D eigenvalue weighted by Gasteiger charge is 2.30. The molecule has 12 heteroatoms. The van der Waals surface area contributed by atoms with Crippen LogP contribution in [0.4, 0.5) is 0 Å². The molecule has 0 spiro atoms. The van der Waals surface area contributed by atoms with E-state index in [1.807, 2.05) is 0 Å². The Hall–Kier alpha value is -4.16. The Morgan fingerprint density at radius 1 is 0.972 bits per heavy atom. The van der Waals surface area contributed by atoms with Crippen LogP contribution >= 0.6 is 0 Å². The van der Waals surface area contributed by atoms with Crippen LogP contribution in [0.1, 0.15) is 45.7 Å². The highest BCUT2D eigenvalue weighted by atomic mass is 16.2. The summed E-state index contributed by atoms with van der Waals surface area (Å²) in [4.78, 5) is 70.2. The predicted molar refractivity (Wildman–Crippen MR) is 129 cm³/mol. The van der Waals surface area contributed by atoms with Crippen molar-refractivity contribution in [2.24, 2.45) is 11.5 Å². The van der Waals surface area contributed by atoms with Crippen molar-refractivity contribution in [2.45, 2.75) is 37.8 Å². The van der Waals surface area contributed by atoms with E-state index < -0.39 is 41.4 Å².